The summed E-state index contributed by atoms with van der Waals surface area (Å²) in [5.41, 5.74) is 1.61. The first-order chi connectivity index (χ1) is 9.69. The molecule has 0 saturated carbocycles. The van der Waals surface area contributed by atoms with Crippen molar-refractivity contribution in [2.75, 3.05) is 11.9 Å². The maximum atomic E-state index is 11.7. The molecule has 1 aromatic carbocycles. The second kappa shape index (κ2) is 6.81. The Labute approximate surface area is 118 Å². The zero-order valence-electron chi connectivity index (χ0n) is 11.7. The van der Waals surface area contributed by atoms with Crippen LogP contribution < -0.4 is 10.6 Å². The van der Waals surface area contributed by atoms with E-state index in [1.165, 1.54) is 4.80 Å². The van der Waals surface area contributed by atoms with Gasteiger partial charge in [-0.3, -0.25) is 4.79 Å². The Morgan fingerprint density at radius 3 is 2.50 bits per heavy atom. The molecule has 2 aromatic rings. The van der Waals surface area contributed by atoms with Gasteiger partial charge >= 0.3 is 0 Å². The normalized spacial score (nSPS) is 12.1. The van der Waals surface area contributed by atoms with Crippen molar-refractivity contribution < 1.29 is 4.79 Å². The highest BCUT2D eigenvalue weighted by Gasteiger charge is 2.05. The fraction of sp³-hybridized carbons (Fsp3) is 0.357. The van der Waals surface area contributed by atoms with E-state index in [0.717, 1.165) is 17.8 Å². The summed E-state index contributed by atoms with van der Waals surface area (Å²) in [6.07, 6.45) is 4.24. The van der Waals surface area contributed by atoms with Gasteiger partial charge in [0.2, 0.25) is 5.91 Å². The second-order valence-corrected chi connectivity index (χ2v) is 4.60. The lowest BCUT2D eigenvalue weighted by Crippen LogP contribution is -2.33. The van der Waals surface area contributed by atoms with Crippen molar-refractivity contribution in [2.45, 2.75) is 26.3 Å². The fourth-order valence-electron chi connectivity index (χ4n) is 1.64. The summed E-state index contributed by atoms with van der Waals surface area (Å²) in [6.45, 7) is 4.45. The predicted molar refractivity (Wildman–Crippen MR) is 77.7 cm³/mol. The molecule has 6 heteroatoms. The lowest BCUT2D eigenvalue weighted by atomic mass is 10.2. The van der Waals surface area contributed by atoms with E-state index in [2.05, 4.69) is 34.7 Å². The van der Waals surface area contributed by atoms with Crippen molar-refractivity contribution in [1.82, 2.24) is 20.3 Å². The molecule has 2 rings (SSSR count). The smallest absolute Gasteiger partial charge is 0.238 e. The van der Waals surface area contributed by atoms with Gasteiger partial charge in [-0.15, -0.1) is 0 Å². The third-order valence-corrected chi connectivity index (χ3v) is 3.02. The van der Waals surface area contributed by atoms with Crippen LogP contribution in [0.25, 0.3) is 5.69 Å². The minimum atomic E-state index is -0.0461. The average molecular weight is 273 g/mol. The van der Waals surface area contributed by atoms with Crippen LogP contribution in [0.15, 0.2) is 36.7 Å². The Hall–Kier alpha value is -2.21. The van der Waals surface area contributed by atoms with Crippen LogP contribution in [0.3, 0.4) is 0 Å². The molecule has 0 saturated heterocycles. The summed E-state index contributed by atoms with van der Waals surface area (Å²) in [4.78, 5) is 13.3. The number of anilines is 1. The first-order valence-corrected chi connectivity index (χ1v) is 6.69. The Morgan fingerprint density at radius 1 is 1.25 bits per heavy atom. The number of benzene rings is 1. The molecule has 0 bridgehead atoms. The first-order valence-electron chi connectivity index (χ1n) is 6.69. The fourth-order valence-corrected chi connectivity index (χ4v) is 1.64. The topological polar surface area (TPSA) is 71.8 Å². The van der Waals surface area contributed by atoms with E-state index in [-0.39, 0.29) is 5.91 Å². The largest absolute Gasteiger partial charge is 0.325 e. The summed E-state index contributed by atoms with van der Waals surface area (Å²) in [5, 5.41) is 14.1. The lowest BCUT2D eigenvalue weighted by Gasteiger charge is -2.11. The molecule has 0 radical (unpaired) electrons. The summed E-state index contributed by atoms with van der Waals surface area (Å²) >= 11 is 0. The maximum absolute atomic E-state index is 11.7. The highest BCUT2D eigenvalue weighted by atomic mass is 16.1. The van der Waals surface area contributed by atoms with Gasteiger partial charge in [-0.1, -0.05) is 6.92 Å². The van der Waals surface area contributed by atoms with Gasteiger partial charge in [-0.05, 0) is 37.6 Å². The van der Waals surface area contributed by atoms with Gasteiger partial charge in [0.1, 0.15) is 0 Å². The third-order valence-electron chi connectivity index (χ3n) is 3.02. The zero-order valence-corrected chi connectivity index (χ0v) is 11.7. The molecule has 0 fully saturated rings. The molecule has 0 aliphatic carbocycles. The maximum Gasteiger partial charge on any atom is 0.238 e. The molecule has 1 unspecified atom stereocenters. The monoisotopic (exact) mass is 273 g/mol. The van der Waals surface area contributed by atoms with E-state index in [0.29, 0.717) is 12.6 Å². The molecule has 2 N–H and O–H groups in total. The van der Waals surface area contributed by atoms with E-state index in [1.54, 1.807) is 12.4 Å². The highest BCUT2D eigenvalue weighted by molar-refractivity contribution is 5.92. The summed E-state index contributed by atoms with van der Waals surface area (Å²) in [7, 11) is 0. The molecule has 0 aliphatic rings. The SMILES string of the molecule is CCC(C)NCC(=O)Nc1ccc(-n2nccn2)cc1. The van der Waals surface area contributed by atoms with Crippen LogP contribution in [0.5, 0.6) is 0 Å². The quantitative estimate of drug-likeness (QED) is 0.838. The molecule has 1 amide bonds. The summed E-state index contributed by atoms with van der Waals surface area (Å²) in [5.74, 6) is -0.0461. The van der Waals surface area contributed by atoms with Crippen LogP contribution in [-0.2, 0) is 4.79 Å². The van der Waals surface area contributed by atoms with Crippen molar-refractivity contribution in [1.29, 1.82) is 0 Å². The minimum Gasteiger partial charge on any atom is -0.325 e. The van der Waals surface area contributed by atoms with Crippen LogP contribution in [-0.4, -0.2) is 33.5 Å². The molecule has 6 nitrogen and oxygen atoms in total. The Morgan fingerprint density at radius 2 is 1.90 bits per heavy atom. The van der Waals surface area contributed by atoms with E-state index in [1.807, 2.05) is 24.3 Å². The zero-order chi connectivity index (χ0) is 14.4. The van der Waals surface area contributed by atoms with Crippen LogP contribution in [0.1, 0.15) is 20.3 Å². The number of rotatable bonds is 6. The molecule has 1 aromatic heterocycles. The average Bonchev–Trinajstić information content (AvgIpc) is 2.99. The molecular formula is C14H19N5O. The van der Waals surface area contributed by atoms with Crippen molar-refractivity contribution in [3.8, 4) is 5.69 Å². The van der Waals surface area contributed by atoms with E-state index < -0.39 is 0 Å². The second-order valence-electron chi connectivity index (χ2n) is 4.60. The number of hydrogen-bond donors (Lipinski definition) is 2. The minimum absolute atomic E-state index is 0.0461. The molecular weight excluding hydrogens is 254 g/mol. The molecule has 1 heterocycles. The highest BCUT2D eigenvalue weighted by Crippen LogP contribution is 2.11. The summed E-state index contributed by atoms with van der Waals surface area (Å²) < 4.78 is 0. The van der Waals surface area contributed by atoms with Crippen molar-refractivity contribution in [3.05, 3.63) is 36.7 Å². The van der Waals surface area contributed by atoms with Crippen molar-refractivity contribution >= 4 is 11.6 Å². The predicted octanol–water partition coefficient (Wildman–Crippen LogP) is 1.59. The number of amides is 1. The number of carbonyl (C=O) groups is 1. The number of carbonyl (C=O) groups excluding carboxylic acids is 1. The number of nitrogens with one attached hydrogen (secondary N) is 2. The third kappa shape index (κ3) is 3.89. The van der Waals surface area contributed by atoms with Crippen molar-refractivity contribution in [3.63, 3.8) is 0 Å². The standard InChI is InChI=1S/C14H19N5O/c1-3-11(2)15-10-14(20)18-12-4-6-13(7-5-12)19-16-8-9-17-19/h4-9,11,15H,3,10H2,1-2H3,(H,18,20). The van der Waals surface area contributed by atoms with Crippen LogP contribution in [0.2, 0.25) is 0 Å². The Kier molecular flexibility index (Phi) is 4.84. The van der Waals surface area contributed by atoms with E-state index in [9.17, 15) is 4.79 Å². The van der Waals surface area contributed by atoms with Crippen molar-refractivity contribution in [2.24, 2.45) is 0 Å². The Bertz CT molecular complexity index is 535. The van der Waals surface area contributed by atoms with Crippen LogP contribution in [0.4, 0.5) is 5.69 Å². The number of nitrogens with zero attached hydrogens (tertiary/aromatic N) is 3. The van der Waals surface area contributed by atoms with E-state index in [4.69, 9.17) is 0 Å². The van der Waals surface area contributed by atoms with Gasteiger partial charge < -0.3 is 10.6 Å². The lowest BCUT2D eigenvalue weighted by molar-refractivity contribution is -0.115. The van der Waals surface area contributed by atoms with Gasteiger partial charge in [0.05, 0.1) is 24.6 Å². The molecule has 106 valence electrons. The molecule has 0 spiro atoms. The molecule has 0 aliphatic heterocycles. The van der Waals surface area contributed by atoms with Gasteiger partial charge in [0, 0.05) is 11.7 Å². The molecule has 1 atom stereocenters. The van der Waals surface area contributed by atoms with E-state index >= 15 is 0 Å². The summed E-state index contributed by atoms with van der Waals surface area (Å²) in [6, 6.07) is 7.73. The van der Waals surface area contributed by atoms with Gasteiger partial charge in [-0.25, -0.2) is 0 Å². The van der Waals surface area contributed by atoms with Gasteiger partial charge in [-0.2, -0.15) is 15.0 Å². The first kappa shape index (κ1) is 14.2. The van der Waals surface area contributed by atoms with Crippen LogP contribution >= 0.6 is 0 Å². The number of hydrogen-bond acceptors (Lipinski definition) is 4. The van der Waals surface area contributed by atoms with Gasteiger partial charge in [0.25, 0.3) is 0 Å². The Balaban J connectivity index is 1.89. The van der Waals surface area contributed by atoms with Gasteiger partial charge in [0.15, 0.2) is 0 Å². The van der Waals surface area contributed by atoms with Crippen LogP contribution in [0, 0.1) is 0 Å². The number of aromatic nitrogens is 3. The molecule has 20 heavy (non-hydrogen) atoms.